The van der Waals surface area contributed by atoms with Crippen molar-refractivity contribution in [2.75, 3.05) is 6.61 Å². The van der Waals surface area contributed by atoms with Gasteiger partial charge in [-0.3, -0.25) is 9.59 Å². The third-order valence-corrected chi connectivity index (χ3v) is 4.70. The number of ketones is 1. The van der Waals surface area contributed by atoms with E-state index in [0.29, 0.717) is 12.2 Å². The van der Waals surface area contributed by atoms with E-state index in [1.54, 1.807) is 19.2 Å². The lowest BCUT2D eigenvalue weighted by Gasteiger charge is -2.29. The molecule has 8 nitrogen and oxygen atoms in total. The van der Waals surface area contributed by atoms with E-state index < -0.39 is 30.2 Å². The van der Waals surface area contributed by atoms with E-state index in [-0.39, 0.29) is 17.8 Å². The van der Waals surface area contributed by atoms with Crippen LogP contribution in [0.4, 0.5) is 4.79 Å². The molecule has 0 saturated carbocycles. The fourth-order valence-corrected chi connectivity index (χ4v) is 2.67. The molecule has 1 fully saturated rings. The second kappa shape index (κ2) is 8.35. The molecule has 26 heavy (non-hydrogen) atoms. The van der Waals surface area contributed by atoms with Crippen molar-refractivity contribution in [3.63, 3.8) is 0 Å². The first kappa shape index (κ1) is 20.0. The summed E-state index contributed by atoms with van der Waals surface area (Å²) >= 11 is 0. The molecule has 0 aromatic carbocycles. The van der Waals surface area contributed by atoms with E-state index in [1.807, 2.05) is 20.8 Å². The molecule has 0 radical (unpaired) electrons. The highest BCUT2D eigenvalue weighted by atomic mass is 16.6. The van der Waals surface area contributed by atoms with Gasteiger partial charge in [0, 0.05) is 12.4 Å². The highest BCUT2D eigenvalue weighted by Gasteiger charge is 2.37. The van der Waals surface area contributed by atoms with E-state index in [2.05, 4.69) is 15.6 Å². The van der Waals surface area contributed by atoms with Crippen molar-refractivity contribution in [3.8, 4) is 5.75 Å². The minimum absolute atomic E-state index is 0.0137. The molecule has 1 aromatic rings. The van der Waals surface area contributed by atoms with Gasteiger partial charge in [0.15, 0.2) is 5.78 Å². The molecule has 144 valence electrons. The van der Waals surface area contributed by atoms with Crippen molar-refractivity contribution >= 4 is 17.8 Å². The summed E-state index contributed by atoms with van der Waals surface area (Å²) in [7, 11) is 0. The molecular formula is C18H27N3O5. The second-order valence-electron chi connectivity index (χ2n) is 7.32. The third kappa shape index (κ3) is 5.32. The van der Waals surface area contributed by atoms with Gasteiger partial charge >= 0.3 is 6.09 Å². The molecule has 1 aromatic heterocycles. The molecule has 2 amide bonds. The molecule has 3 atom stereocenters. The van der Waals surface area contributed by atoms with Gasteiger partial charge in [-0.1, -0.05) is 27.2 Å². The van der Waals surface area contributed by atoms with Crippen LogP contribution in [-0.4, -0.2) is 47.6 Å². The summed E-state index contributed by atoms with van der Waals surface area (Å²) in [4.78, 5) is 39.5. The van der Waals surface area contributed by atoms with Crippen LogP contribution in [0.5, 0.6) is 5.75 Å². The molecule has 2 heterocycles. The molecule has 8 heteroatoms. The Morgan fingerprint density at radius 2 is 2.19 bits per heavy atom. The van der Waals surface area contributed by atoms with Crippen molar-refractivity contribution in [1.82, 2.24) is 15.6 Å². The summed E-state index contributed by atoms with van der Waals surface area (Å²) in [6, 6.07) is 0.0788. The van der Waals surface area contributed by atoms with Gasteiger partial charge < -0.3 is 25.1 Å². The molecular weight excluding hydrogens is 338 g/mol. The van der Waals surface area contributed by atoms with Gasteiger partial charge in [0.05, 0.1) is 6.10 Å². The van der Waals surface area contributed by atoms with Crippen LogP contribution in [0.2, 0.25) is 0 Å². The van der Waals surface area contributed by atoms with Crippen LogP contribution >= 0.6 is 0 Å². The average molecular weight is 365 g/mol. The predicted molar refractivity (Wildman–Crippen MR) is 94.8 cm³/mol. The van der Waals surface area contributed by atoms with Crippen molar-refractivity contribution in [3.05, 3.63) is 18.5 Å². The Kier molecular flexibility index (Phi) is 6.42. The van der Waals surface area contributed by atoms with Crippen LogP contribution in [0.15, 0.2) is 18.5 Å². The number of carbonyl (C=O) groups excluding carboxylic acids is 3. The second-order valence-corrected chi connectivity index (χ2v) is 7.32. The topological polar surface area (TPSA) is 110 Å². The summed E-state index contributed by atoms with van der Waals surface area (Å²) in [6.07, 6.45) is 3.28. The zero-order chi connectivity index (χ0) is 19.3. The van der Waals surface area contributed by atoms with Crippen molar-refractivity contribution in [2.24, 2.45) is 5.41 Å². The monoisotopic (exact) mass is 365 g/mol. The van der Waals surface area contributed by atoms with Gasteiger partial charge in [0.2, 0.25) is 5.91 Å². The van der Waals surface area contributed by atoms with Gasteiger partial charge in [0.25, 0.3) is 0 Å². The number of carbonyl (C=O) groups is 3. The van der Waals surface area contributed by atoms with Crippen LogP contribution in [0.1, 0.15) is 40.5 Å². The van der Waals surface area contributed by atoms with Crippen LogP contribution in [0, 0.1) is 5.41 Å². The van der Waals surface area contributed by atoms with Crippen LogP contribution < -0.4 is 15.4 Å². The largest absolute Gasteiger partial charge is 0.413 e. The molecule has 0 aliphatic carbocycles. The van der Waals surface area contributed by atoms with Crippen LogP contribution in [0.3, 0.4) is 0 Å². The number of hydrogen-bond donors (Lipinski definition) is 3. The minimum atomic E-state index is -0.822. The number of aromatic nitrogens is 1. The lowest BCUT2D eigenvalue weighted by atomic mass is 9.83. The fraction of sp³-hybridized carbons (Fsp3) is 0.611. The van der Waals surface area contributed by atoms with Gasteiger partial charge in [-0.05, 0) is 24.8 Å². The number of H-pyrrole nitrogens is 1. The molecule has 1 aliphatic rings. The van der Waals surface area contributed by atoms with Crippen LogP contribution in [-0.2, 0) is 14.3 Å². The average Bonchev–Trinajstić information content (AvgIpc) is 3.19. The summed E-state index contributed by atoms with van der Waals surface area (Å²) in [5.74, 6) is -0.244. The van der Waals surface area contributed by atoms with E-state index in [1.165, 1.54) is 6.20 Å². The number of ether oxygens (including phenoxy) is 2. The van der Waals surface area contributed by atoms with Gasteiger partial charge in [-0.2, -0.15) is 0 Å². The lowest BCUT2D eigenvalue weighted by Crippen LogP contribution is -2.54. The number of nitrogens with one attached hydrogen (secondary N) is 3. The number of rotatable bonds is 7. The maximum atomic E-state index is 12.7. The van der Waals surface area contributed by atoms with E-state index in [4.69, 9.17) is 9.47 Å². The Hall–Kier alpha value is -2.35. The molecule has 0 spiro atoms. The zero-order valence-electron chi connectivity index (χ0n) is 15.6. The Labute approximate surface area is 153 Å². The molecule has 0 bridgehead atoms. The first-order valence-corrected chi connectivity index (χ1v) is 8.77. The molecule has 3 N–H and O–H groups in total. The maximum Gasteiger partial charge on any atom is 0.413 e. The van der Waals surface area contributed by atoms with Crippen LogP contribution in [0.25, 0.3) is 0 Å². The highest BCUT2D eigenvalue weighted by molar-refractivity contribution is 5.94. The van der Waals surface area contributed by atoms with E-state index in [0.717, 1.165) is 6.42 Å². The summed E-state index contributed by atoms with van der Waals surface area (Å²) in [5, 5.41) is 5.31. The first-order valence-electron chi connectivity index (χ1n) is 8.77. The molecule has 1 saturated heterocycles. The fourth-order valence-electron chi connectivity index (χ4n) is 2.67. The molecule has 0 unspecified atom stereocenters. The highest BCUT2D eigenvalue weighted by Crippen LogP contribution is 2.26. The Balaban J connectivity index is 2.05. The van der Waals surface area contributed by atoms with Gasteiger partial charge in [0.1, 0.15) is 24.4 Å². The Morgan fingerprint density at radius 3 is 2.73 bits per heavy atom. The van der Waals surface area contributed by atoms with Crippen molar-refractivity contribution in [1.29, 1.82) is 0 Å². The number of amides is 2. The van der Waals surface area contributed by atoms with E-state index in [9.17, 15) is 14.4 Å². The molecule has 2 rings (SSSR count). The SMILES string of the molecule is CCC(C)(C)C[C@H](NC(=O)Oc1cc[nH]c1)C(=O)N[C@@H]1C(=O)CO[C@H]1C. The minimum Gasteiger partial charge on any atom is -0.409 e. The standard InChI is InChI=1S/C18H27N3O5/c1-5-18(3,4)8-13(20-17(24)26-12-6-7-19-9-12)16(23)21-15-11(2)25-10-14(15)22/h6-7,9,11,13,15,19H,5,8,10H2,1-4H3,(H,20,24)(H,21,23)/t11-,13-,15-/m0/s1. The Morgan fingerprint density at radius 1 is 1.46 bits per heavy atom. The first-order chi connectivity index (χ1) is 12.2. The predicted octanol–water partition coefficient (Wildman–Crippen LogP) is 1.77. The zero-order valence-corrected chi connectivity index (χ0v) is 15.6. The number of Topliss-reactive ketones (excluding diaryl/α,β-unsaturated/α-hetero) is 1. The normalized spacial score (nSPS) is 21.3. The van der Waals surface area contributed by atoms with Gasteiger partial charge in [-0.25, -0.2) is 4.79 Å². The smallest absolute Gasteiger partial charge is 0.409 e. The lowest BCUT2D eigenvalue weighted by molar-refractivity contribution is -0.128. The summed E-state index contributed by atoms with van der Waals surface area (Å²) in [5.41, 5.74) is -0.175. The maximum absolute atomic E-state index is 12.7. The number of hydrogen-bond acceptors (Lipinski definition) is 5. The summed E-state index contributed by atoms with van der Waals surface area (Å²) < 4.78 is 10.4. The van der Waals surface area contributed by atoms with E-state index >= 15 is 0 Å². The van der Waals surface area contributed by atoms with Gasteiger partial charge in [-0.15, -0.1) is 0 Å². The Bertz CT molecular complexity index is 641. The third-order valence-electron chi connectivity index (χ3n) is 4.70. The van der Waals surface area contributed by atoms with Crippen molar-refractivity contribution < 1.29 is 23.9 Å². The summed E-state index contributed by atoms with van der Waals surface area (Å²) in [6.45, 7) is 7.76. The van der Waals surface area contributed by atoms with Crippen molar-refractivity contribution in [2.45, 2.75) is 58.7 Å². The quantitative estimate of drug-likeness (QED) is 0.682. The number of aromatic amines is 1. The molecule has 1 aliphatic heterocycles.